The van der Waals surface area contributed by atoms with Gasteiger partial charge in [-0.1, -0.05) is 30.3 Å². The first-order valence-electron chi connectivity index (χ1n) is 7.55. The van der Waals surface area contributed by atoms with Gasteiger partial charge in [0, 0.05) is 19.6 Å². The van der Waals surface area contributed by atoms with E-state index in [0.717, 1.165) is 5.56 Å². The second-order valence-electron chi connectivity index (χ2n) is 5.67. The van der Waals surface area contributed by atoms with Gasteiger partial charge >= 0.3 is 0 Å². The number of nitrogens with one attached hydrogen (secondary N) is 1. The molecule has 2 heterocycles. The van der Waals surface area contributed by atoms with Crippen molar-refractivity contribution < 1.29 is 28.8 Å². The topological polar surface area (TPSA) is 86.2 Å². The van der Waals surface area contributed by atoms with Crippen LogP contribution < -0.4 is 5.32 Å². The molecule has 0 unspecified atom stereocenters. The molecule has 1 amide bonds. The normalized spacial score (nSPS) is 37.0. The van der Waals surface area contributed by atoms with Crippen molar-refractivity contribution >= 4 is 5.91 Å². The van der Waals surface area contributed by atoms with E-state index in [1.807, 2.05) is 30.3 Å². The Morgan fingerprint density at radius 1 is 1.30 bits per heavy atom. The summed E-state index contributed by atoms with van der Waals surface area (Å²) in [5.41, 5.74) is 0.864. The molecule has 0 radical (unpaired) electrons. The number of methoxy groups -OCH3 is 1. The summed E-state index contributed by atoms with van der Waals surface area (Å²) in [4.78, 5) is 11.4. The average molecular weight is 323 g/mol. The first-order valence-corrected chi connectivity index (χ1v) is 7.55. The van der Waals surface area contributed by atoms with E-state index in [0.29, 0.717) is 0 Å². The summed E-state index contributed by atoms with van der Waals surface area (Å²) < 4.78 is 22.6. The fourth-order valence-corrected chi connectivity index (χ4v) is 2.96. The Hall–Kier alpha value is -1.51. The highest BCUT2D eigenvalue weighted by Crippen LogP contribution is 2.34. The van der Waals surface area contributed by atoms with Gasteiger partial charge in [0.25, 0.3) is 0 Å². The number of hydrogen-bond donors (Lipinski definition) is 2. The van der Waals surface area contributed by atoms with E-state index in [4.69, 9.17) is 18.9 Å². The summed E-state index contributed by atoms with van der Waals surface area (Å²) in [6.45, 7) is 1.65. The van der Waals surface area contributed by atoms with E-state index in [1.54, 1.807) is 0 Å². The predicted octanol–water partition coefficient (Wildman–Crippen LogP) is 0.337. The maximum atomic E-state index is 11.4. The number of carbonyl (C=O) groups excluding carboxylic acids is 1. The van der Waals surface area contributed by atoms with Gasteiger partial charge in [-0.3, -0.25) is 4.79 Å². The summed E-state index contributed by atoms with van der Waals surface area (Å²) >= 11 is 0. The Kier molecular flexibility index (Phi) is 4.93. The molecule has 0 aromatic heterocycles. The van der Waals surface area contributed by atoms with Gasteiger partial charge in [-0.05, 0) is 0 Å². The van der Waals surface area contributed by atoms with Crippen molar-refractivity contribution in [1.82, 2.24) is 5.32 Å². The van der Waals surface area contributed by atoms with Crippen molar-refractivity contribution in [3.05, 3.63) is 35.9 Å². The molecule has 2 saturated heterocycles. The first kappa shape index (κ1) is 16.4. The number of hydrogen-bond acceptors (Lipinski definition) is 6. The number of amides is 1. The van der Waals surface area contributed by atoms with Gasteiger partial charge in [0.15, 0.2) is 12.6 Å². The van der Waals surface area contributed by atoms with Gasteiger partial charge in [0.2, 0.25) is 5.91 Å². The maximum Gasteiger partial charge on any atom is 0.217 e. The molecule has 2 aliphatic heterocycles. The number of ether oxygens (including phenoxy) is 4. The van der Waals surface area contributed by atoms with E-state index >= 15 is 0 Å². The van der Waals surface area contributed by atoms with E-state index in [-0.39, 0.29) is 12.5 Å². The van der Waals surface area contributed by atoms with Gasteiger partial charge < -0.3 is 29.4 Å². The highest BCUT2D eigenvalue weighted by Gasteiger charge is 2.49. The average Bonchev–Trinajstić information content (AvgIpc) is 2.57. The molecule has 23 heavy (non-hydrogen) atoms. The Bertz CT molecular complexity index is 539. The number of benzene rings is 1. The van der Waals surface area contributed by atoms with Crippen LogP contribution in [0.3, 0.4) is 0 Å². The third-order valence-electron chi connectivity index (χ3n) is 4.04. The van der Waals surface area contributed by atoms with Gasteiger partial charge in [-0.15, -0.1) is 0 Å². The SMILES string of the molecule is CO[C@@H]1O[C@@H]2CO[C@H](c3ccccc3)O[C@@H]2[C@@H](O)[C@H]1NC(C)=O. The molecule has 7 heteroatoms. The van der Waals surface area contributed by atoms with Gasteiger partial charge in [-0.25, -0.2) is 0 Å². The van der Waals surface area contributed by atoms with Crippen molar-refractivity contribution in [3.8, 4) is 0 Å². The lowest BCUT2D eigenvalue weighted by Gasteiger charge is -2.47. The third kappa shape index (κ3) is 3.39. The second kappa shape index (κ2) is 6.94. The smallest absolute Gasteiger partial charge is 0.217 e. The molecular weight excluding hydrogens is 302 g/mol. The van der Waals surface area contributed by atoms with Crippen molar-refractivity contribution in [3.63, 3.8) is 0 Å². The summed E-state index contributed by atoms with van der Waals surface area (Å²) in [5, 5.41) is 13.3. The second-order valence-corrected chi connectivity index (χ2v) is 5.67. The Morgan fingerprint density at radius 2 is 2.04 bits per heavy atom. The fraction of sp³-hybridized carbons (Fsp3) is 0.562. The molecule has 0 spiro atoms. The van der Waals surface area contributed by atoms with Gasteiger partial charge in [-0.2, -0.15) is 0 Å². The lowest BCUT2D eigenvalue weighted by molar-refractivity contribution is -0.341. The molecule has 6 atom stereocenters. The molecule has 2 aliphatic rings. The van der Waals surface area contributed by atoms with Crippen LogP contribution in [0.25, 0.3) is 0 Å². The van der Waals surface area contributed by atoms with Crippen LogP contribution >= 0.6 is 0 Å². The van der Waals surface area contributed by atoms with E-state index in [2.05, 4.69) is 5.32 Å². The van der Waals surface area contributed by atoms with Crippen LogP contribution in [0.4, 0.5) is 0 Å². The highest BCUT2D eigenvalue weighted by atomic mass is 16.7. The maximum absolute atomic E-state index is 11.4. The molecule has 0 bridgehead atoms. The monoisotopic (exact) mass is 323 g/mol. The van der Waals surface area contributed by atoms with Crippen molar-refractivity contribution in [2.75, 3.05) is 13.7 Å². The fourth-order valence-electron chi connectivity index (χ4n) is 2.96. The largest absolute Gasteiger partial charge is 0.388 e. The Balaban J connectivity index is 1.76. The zero-order chi connectivity index (χ0) is 16.4. The van der Waals surface area contributed by atoms with Crippen LogP contribution in [0.2, 0.25) is 0 Å². The van der Waals surface area contributed by atoms with E-state index < -0.39 is 36.9 Å². The van der Waals surface area contributed by atoms with Crippen LogP contribution in [0.1, 0.15) is 18.8 Å². The minimum atomic E-state index is -0.960. The quantitative estimate of drug-likeness (QED) is 0.834. The van der Waals surface area contributed by atoms with Crippen LogP contribution in [0.5, 0.6) is 0 Å². The summed E-state index contributed by atoms with van der Waals surface area (Å²) in [5.74, 6) is -0.273. The lowest BCUT2D eigenvalue weighted by atomic mass is 9.95. The summed E-state index contributed by atoms with van der Waals surface area (Å²) in [6, 6.07) is 8.78. The predicted molar refractivity (Wildman–Crippen MR) is 79.3 cm³/mol. The van der Waals surface area contributed by atoms with E-state index in [1.165, 1.54) is 14.0 Å². The molecule has 7 nitrogen and oxygen atoms in total. The standard InChI is InChI=1S/C16H21NO6/c1-9(18)17-12-13(19)14-11(22-16(12)20-2)8-21-15(23-14)10-6-4-3-5-7-10/h3-7,11-16,19H,8H2,1-2H3,(H,17,18)/t11-,12-,13+,14+,15+,16-/m1/s1. The summed E-state index contributed by atoms with van der Waals surface area (Å²) in [6.07, 6.45) is -3.36. The van der Waals surface area contributed by atoms with E-state index in [9.17, 15) is 9.90 Å². The molecule has 0 aliphatic carbocycles. The van der Waals surface area contributed by atoms with Gasteiger partial charge in [0.05, 0.1) is 6.61 Å². The zero-order valence-electron chi connectivity index (χ0n) is 13.0. The number of carbonyl (C=O) groups is 1. The van der Waals surface area contributed by atoms with Crippen LogP contribution in [0.15, 0.2) is 30.3 Å². The zero-order valence-corrected chi connectivity index (χ0v) is 13.0. The number of rotatable bonds is 3. The molecule has 1 aromatic rings. The Morgan fingerprint density at radius 3 is 2.70 bits per heavy atom. The number of aliphatic hydroxyl groups is 1. The minimum absolute atomic E-state index is 0.272. The third-order valence-corrected chi connectivity index (χ3v) is 4.04. The molecular formula is C16H21NO6. The molecule has 2 N–H and O–H groups in total. The molecule has 126 valence electrons. The molecule has 2 fully saturated rings. The van der Waals surface area contributed by atoms with Crippen molar-refractivity contribution in [2.24, 2.45) is 0 Å². The molecule has 3 rings (SSSR count). The molecule has 0 saturated carbocycles. The number of aliphatic hydroxyl groups excluding tert-OH is 1. The van der Waals surface area contributed by atoms with Crippen molar-refractivity contribution in [2.45, 2.75) is 43.9 Å². The summed E-state index contributed by atoms with van der Waals surface area (Å²) in [7, 11) is 1.46. The minimum Gasteiger partial charge on any atom is -0.388 e. The number of fused-ring (bicyclic) bond motifs is 1. The van der Waals surface area contributed by atoms with Crippen LogP contribution in [-0.2, 0) is 23.7 Å². The first-order chi connectivity index (χ1) is 11.1. The van der Waals surface area contributed by atoms with Crippen LogP contribution in [-0.4, -0.2) is 55.4 Å². The highest BCUT2D eigenvalue weighted by molar-refractivity contribution is 5.73. The van der Waals surface area contributed by atoms with Crippen LogP contribution in [0, 0.1) is 0 Å². The van der Waals surface area contributed by atoms with Crippen molar-refractivity contribution in [1.29, 1.82) is 0 Å². The molecule has 1 aromatic carbocycles. The Labute approximate surface area is 134 Å². The lowest BCUT2D eigenvalue weighted by Crippen LogP contribution is -2.66. The van der Waals surface area contributed by atoms with Gasteiger partial charge in [0.1, 0.15) is 24.4 Å².